The third kappa shape index (κ3) is 4.80. The number of hydrogen-bond acceptors (Lipinski definition) is 4. The topological polar surface area (TPSA) is 49.4 Å². The maximum absolute atomic E-state index is 5.59. The number of thiocarbonyl (C=S) groups is 1. The predicted octanol–water partition coefficient (Wildman–Crippen LogP) is 3.03. The normalized spacial score (nSPS) is 27.1. The van der Waals surface area contributed by atoms with Crippen LogP contribution in [-0.4, -0.2) is 42.4 Å². The average molecular weight is 349 g/mol. The summed E-state index contributed by atoms with van der Waals surface area (Å²) < 4.78 is 5.59. The van der Waals surface area contributed by atoms with Crippen LogP contribution < -0.4 is 15.5 Å². The molecule has 1 aromatic rings. The van der Waals surface area contributed by atoms with Crippen LogP contribution >= 0.6 is 12.2 Å². The highest BCUT2D eigenvalue weighted by molar-refractivity contribution is 7.80. The summed E-state index contributed by atoms with van der Waals surface area (Å²) in [6.45, 7) is 8.44. The Kier molecular flexibility index (Phi) is 5.89. The highest BCUT2D eigenvalue weighted by atomic mass is 32.1. The summed E-state index contributed by atoms with van der Waals surface area (Å²) in [6.07, 6.45) is 5.71. The molecule has 0 radical (unpaired) electrons. The van der Waals surface area contributed by atoms with Gasteiger partial charge in [0.15, 0.2) is 5.11 Å². The van der Waals surface area contributed by atoms with E-state index in [1.165, 1.54) is 6.42 Å². The van der Waals surface area contributed by atoms with E-state index in [9.17, 15) is 0 Å². The Balaban J connectivity index is 1.49. The molecule has 3 rings (SSSR count). The number of nitrogens with one attached hydrogen (secondary N) is 2. The number of nitrogens with zero attached hydrogens (tertiary/aromatic N) is 2. The predicted molar refractivity (Wildman–Crippen MR) is 103 cm³/mol. The van der Waals surface area contributed by atoms with Crippen molar-refractivity contribution in [2.24, 2.45) is 11.8 Å². The highest BCUT2D eigenvalue weighted by Gasteiger charge is 2.22. The molecule has 3 atom stereocenters. The summed E-state index contributed by atoms with van der Waals surface area (Å²) >= 11 is 5.34. The Bertz CT molecular complexity index is 534. The first-order valence-electron chi connectivity index (χ1n) is 8.97. The zero-order valence-electron chi connectivity index (χ0n) is 14.6. The van der Waals surface area contributed by atoms with E-state index >= 15 is 0 Å². The van der Waals surface area contributed by atoms with Gasteiger partial charge in [0.1, 0.15) is 5.82 Å². The van der Waals surface area contributed by atoms with E-state index in [4.69, 9.17) is 17.0 Å². The molecule has 1 aromatic heterocycles. The second-order valence-corrected chi connectivity index (χ2v) is 7.63. The molecule has 0 unspecified atom stereocenters. The maximum Gasteiger partial charge on any atom is 0.170 e. The fourth-order valence-electron chi connectivity index (χ4n) is 3.68. The standard InChI is InChI=1S/C18H28N4OS/c1-13-8-14(2)12-22(11-13)17-6-5-15(9-19-17)21-18(24)20-10-16-4-3-7-23-16/h5-6,9,13-14,16H,3-4,7-8,10-12H2,1-2H3,(H2,20,21,24)/t13-,14-,16-/m1/s1. The van der Waals surface area contributed by atoms with Gasteiger partial charge in [-0.3, -0.25) is 0 Å². The Labute approximate surface area is 150 Å². The SMILES string of the molecule is C[C@@H]1C[C@@H](C)CN(c2ccc(NC(=S)NC[C@H]3CCCO3)cn2)C1. The molecule has 132 valence electrons. The molecule has 3 heterocycles. The van der Waals surface area contributed by atoms with E-state index in [0.29, 0.717) is 5.11 Å². The van der Waals surface area contributed by atoms with Crippen LogP contribution in [-0.2, 0) is 4.74 Å². The molecule has 0 amide bonds. The fourth-order valence-corrected chi connectivity index (χ4v) is 3.89. The lowest BCUT2D eigenvalue weighted by molar-refractivity contribution is 0.114. The molecule has 24 heavy (non-hydrogen) atoms. The quantitative estimate of drug-likeness (QED) is 0.816. The van der Waals surface area contributed by atoms with E-state index in [2.05, 4.69) is 40.4 Å². The summed E-state index contributed by atoms with van der Waals surface area (Å²) in [4.78, 5) is 7.00. The monoisotopic (exact) mass is 348 g/mol. The Hall–Kier alpha value is -1.40. The molecule has 6 heteroatoms. The zero-order chi connectivity index (χ0) is 16.9. The van der Waals surface area contributed by atoms with Gasteiger partial charge in [0, 0.05) is 26.2 Å². The summed E-state index contributed by atoms with van der Waals surface area (Å²) in [5.74, 6) is 2.50. The number of hydrogen-bond donors (Lipinski definition) is 2. The van der Waals surface area contributed by atoms with Crippen molar-refractivity contribution in [3.05, 3.63) is 18.3 Å². The van der Waals surface area contributed by atoms with Crippen LogP contribution in [0.2, 0.25) is 0 Å². The van der Waals surface area contributed by atoms with Gasteiger partial charge in [-0.1, -0.05) is 13.8 Å². The fraction of sp³-hybridized carbons (Fsp3) is 0.667. The summed E-state index contributed by atoms with van der Waals surface area (Å²) in [5.41, 5.74) is 0.918. The third-order valence-electron chi connectivity index (χ3n) is 4.71. The molecular weight excluding hydrogens is 320 g/mol. The van der Waals surface area contributed by atoms with Gasteiger partial charge >= 0.3 is 0 Å². The lowest BCUT2D eigenvalue weighted by atomic mass is 9.92. The van der Waals surface area contributed by atoms with Crippen molar-refractivity contribution < 1.29 is 4.74 Å². The zero-order valence-corrected chi connectivity index (χ0v) is 15.4. The van der Waals surface area contributed by atoms with Crippen LogP contribution in [0.5, 0.6) is 0 Å². The smallest absolute Gasteiger partial charge is 0.170 e. The lowest BCUT2D eigenvalue weighted by Gasteiger charge is -2.35. The molecule has 2 aliphatic heterocycles. The number of rotatable bonds is 4. The first kappa shape index (κ1) is 17.4. The number of ether oxygens (including phenoxy) is 1. The van der Waals surface area contributed by atoms with Crippen LogP contribution in [0.15, 0.2) is 18.3 Å². The molecule has 0 aliphatic carbocycles. The number of piperidine rings is 1. The molecule has 0 aromatic carbocycles. The molecule has 2 aliphatic rings. The van der Waals surface area contributed by atoms with Gasteiger partial charge in [0.2, 0.25) is 0 Å². The molecule has 0 saturated carbocycles. The van der Waals surface area contributed by atoms with Crippen LogP contribution in [0.25, 0.3) is 0 Å². The van der Waals surface area contributed by atoms with Crippen molar-refractivity contribution in [1.82, 2.24) is 10.3 Å². The van der Waals surface area contributed by atoms with Gasteiger partial charge < -0.3 is 20.3 Å². The van der Waals surface area contributed by atoms with Crippen LogP contribution in [0, 0.1) is 11.8 Å². The van der Waals surface area contributed by atoms with Crippen molar-refractivity contribution in [3.63, 3.8) is 0 Å². The first-order chi connectivity index (χ1) is 11.6. The molecule has 2 fully saturated rings. The average Bonchev–Trinajstić information content (AvgIpc) is 3.06. The molecule has 5 nitrogen and oxygen atoms in total. The highest BCUT2D eigenvalue weighted by Crippen LogP contribution is 2.25. The Morgan fingerprint density at radius 3 is 2.75 bits per heavy atom. The van der Waals surface area contributed by atoms with Crippen LogP contribution in [0.1, 0.15) is 33.1 Å². The molecule has 0 spiro atoms. The van der Waals surface area contributed by atoms with Gasteiger partial charge in [-0.15, -0.1) is 0 Å². The second-order valence-electron chi connectivity index (χ2n) is 7.23. The van der Waals surface area contributed by atoms with Gasteiger partial charge in [0.25, 0.3) is 0 Å². The summed E-state index contributed by atoms with van der Waals surface area (Å²) in [7, 11) is 0. The van der Waals surface area contributed by atoms with Crippen molar-refractivity contribution >= 4 is 28.8 Å². The largest absolute Gasteiger partial charge is 0.376 e. The van der Waals surface area contributed by atoms with Gasteiger partial charge in [-0.25, -0.2) is 4.98 Å². The second kappa shape index (κ2) is 8.12. The van der Waals surface area contributed by atoms with Crippen molar-refractivity contribution in [3.8, 4) is 0 Å². The third-order valence-corrected chi connectivity index (χ3v) is 4.96. The van der Waals surface area contributed by atoms with Crippen LogP contribution in [0.3, 0.4) is 0 Å². The minimum atomic E-state index is 0.285. The van der Waals surface area contributed by atoms with Crippen molar-refractivity contribution in [1.29, 1.82) is 0 Å². The minimum Gasteiger partial charge on any atom is -0.376 e. The van der Waals surface area contributed by atoms with E-state index in [1.54, 1.807) is 0 Å². The molecule has 2 N–H and O–H groups in total. The Morgan fingerprint density at radius 2 is 2.12 bits per heavy atom. The molecule has 0 bridgehead atoms. The maximum atomic E-state index is 5.59. The van der Waals surface area contributed by atoms with E-state index in [0.717, 1.165) is 62.4 Å². The lowest BCUT2D eigenvalue weighted by Crippen LogP contribution is -2.39. The van der Waals surface area contributed by atoms with Gasteiger partial charge in [0.05, 0.1) is 18.0 Å². The van der Waals surface area contributed by atoms with E-state index < -0.39 is 0 Å². The number of aromatic nitrogens is 1. The first-order valence-corrected chi connectivity index (χ1v) is 9.38. The Morgan fingerprint density at radius 1 is 1.33 bits per heavy atom. The van der Waals surface area contributed by atoms with E-state index in [1.807, 2.05) is 12.3 Å². The van der Waals surface area contributed by atoms with Crippen LogP contribution in [0.4, 0.5) is 11.5 Å². The summed E-state index contributed by atoms with van der Waals surface area (Å²) in [6, 6.07) is 4.13. The number of pyridine rings is 1. The summed E-state index contributed by atoms with van der Waals surface area (Å²) in [5, 5.41) is 7.04. The molecule has 2 saturated heterocycles. The van der Waals surface area contributed by atoms with Crippen molar-refractivity contribution in [2.75, 3.05) is 36.5 Å². The molecular formula is C18H28N4OS. The minimum absolute atomic E-state index is 0.285. The number of anilines is 2. The van der Waals surface area contributed by atoms with Gasteiger partial charge in [-0.2, -0.15) is 0 Å². The van der Waals surface area contributed by atoms with Crippen molar-refractivity contribution in [2.45, 2.75) is 39.2 Å². The van der Waals surface area contributed by atoms with E-state index in [-0.39, 0.29) is 6.10 Å². The van der Waals surface area contributed by atoms with Gasteiger partial charge in [-0.05, 0) is 55.4 Å².